The van der Waals surface area contributed by atoms with Crippen molar-refractivity contribution in [3.8, 4) is 0 Å². The van der Waals surface area contributed by atoms with Crippen molar-refractivity contribution in [2.45, 2.75) is 26.1 Å². The van der Waals surface area contributed by atoms with Gasteiger partial charge in [0.15, 0.2) is 0 Å². The van der Waals surface area contributed by atoms with E-state index in [0.717, 1.165) is 23.4 Å². The number of hydrogen-bond donors (Lipinski definition) is 1. The fourth-order valence-corrected chi connectivity index (χ4v) is 1.73. The van der Waals surface area contributed by atoms with E-state index in [1.165, 1.54) is 13.2 Å². The maximum atomic E-state index is 12.3. The zero-order valence-corrected chi connectivity index (χ0v) is 11.6. The predicted octanol–water partition coefficient (Wildman–Crippen LogP) is 3.23. The summed E-state index contributed by atoms with van der Waals surface area (Å²) < 4.78 is 36.9. The Labute approximate surface area is 115 Å². The molecule has 3 nitrogen and oxygen atoms in total. The molecule has 0 aliphatic carbocycles. The maximum absolute atomic E-state index is 12.3. The van der Waals surface area contributed by atoms with Crippen LogP contribution >= 0.6 is 11.6 Å². The molecule has 7 heteroatoms. The van der Waals surface area contributed by atoms with Crippen LogP contribution in [-0.2, 0) is 6.54 Å². The minimum Gasteiger partial charge on any atom is -0.351 e. The Morgan fingerprint density at radius 3 is 2.68 bits per heavy atom. The number of nitrogens with one attached hydrogen (secondary N) is 1. The first-order valence-corrected chi connectivity index (χ1v) is 6.34. The lowest BCUT2D eigenvalue weighted by atomic mass is 10.2. The third-order valence-electron chi connectivity index (χ3n) is 2.47. The summed E-state index contributed by atoms with van der Waals surface area (Å²) in [6, 6.07) is 1.58. The van der Waals surface area contributed by atoms with Crippen molar-refractivity contribution in [3.05, 3.63) is 22.8 Å². The van der Waals surface area contributed by atoms with Crippen LogP contribution in [0, 0.1) is 0 Å². The van der Waals surface area contributed by atoms with Crippen LogP contribution in [0.1, 0.15) is 18.9 Å². The highest BCUT2D eigenvalue weighted by Gasteiger charge is 2.29. The highest BCUT2D eigenvalue weighted by molar-refractivity contribution is 6.31. The molecule has 1 rings (SSSR count). The molecule has 0 aliphatic rings. The van der Waals surface area contributed by atoms with Crippen molar-refractivity contribution in [1.29, 1.82) is 0 Å². The molecule has 0 aromatic carbocycles. The van der Waals surface area contributed by atoms with Crippen molar-refractivity contribution in [2.24, 2.45) is 0 Å². The second-order valence-corrected chi connectivity index (χ2v) is 4.69. The first kappa shape index (κ1) is 16.0. The molecular formula is C12H17ClF3N3. The molecule has 0 atom stereocenters. The minimum atomic E-state index is -4.25. The number of hydrogen-bond acceptors (Lipinski definition) is 3. The summed E-state index contributed by atoms with van der Waals surface area (Å²) in [5, 5.41) is 3.61. The van der Waals surface area contributed by atoms with Gasteiger partial charge >= 0.3 is 6.18 Å². The Hall–Kier alpha value is -1.01. The topological polar surface area (TPSA) is 28.2 Å². The molecule has 0 saturated carbocycles. The standard InChI is InChI=1S/C12H17ClF3N3/c1-3-4-17-6-9-5-11(18-7-10(9)13)19(2)8-12(14,15)16/h5,7,17H,3-4,6,8H2,1-2H3. The average Bonchev–Trinajstić information content (AvgIpc) is 2.29. The van der Waals surface area contributed by atoms with Crippen LogP contribution in [0.3, 0.4) is 0 Å². The Balaban J connectivity index is 2.77. The van der Waals surface area contributed by atoms with E-state index >= 15 is 0 Å². The van der Waals surface area contributed by atoms with Crippen LogP contribution in [0.4, 0.5) is 19.0 Å². The molecule has 0 spiro atoms. The number of aromatic nitrogens is 1. The van der Waals surface area contributed by atoms with Gasteiger partial charge in [-0.05, 0) is 24.6 Å². The smallest absolute Gasteiger partial charge is 0.351 e. The summed E-state index contributed by atoms with van der Waals surface area (Å²) in [5.41, 5.74) is 0.745. The summed E-state index contributed by atoms with van der Waals surface area (Å²) >= 11 is 5.97. The molecule has 0 saturated heterocycles. The highest BCUT2D eigenvalue weighted by atomic mass is 35.5. The predicted molar refractivity (Wildman–Crippen MR) is 70.6 cm³/mol. The maximum Gasteiger partial charge on any atom is 0.405 e. The van der Waals surface area contributed by atoms with E-state index in [-0.39, 0.29) is 5.82 Å². The second kappa shape index (κ2) is 6.96. The molecule has 1 heterocycles. The molecule has 1 aromatic rings. The van der Waals surface area contributed by atoms with Crippen LogP contribution < -0.4 is 10.2 Å². The highest BCUT2D eigenvalue weighted by Crippen LogP contribution is 2.23. The van der Waals surface area contributed by atoms with Crippen molar-refractivity contribution >= 4 is 17.4 Å². The van der Waals surface area contributed by atoms with Gasteiger partial charge in [-0.1, -0.05) is 18.5 Å². The van der Waals surface area contributed by atoms with Crippen LogP contribution in [-0.4, -0.2) is 31.3 Å². The number of alkyl halides is 3. The van der Waals surface area contributed by atoms with E-state index in [1.807, 2.05) is 6.92 Å². The lowest BCUT2D eigenvalue weighted by Crippen LogP contribution is -2.31. The molecular weight excluding hydrogens is 279 g/mol. The van der Waals surface area contributed by atoms with E-state index in [2.05, 4.69) is 10.3 Å². The molecule has 1 aromatic heterocycles. The monoisotopic (exact) mass is 295 g/mol. The lowest BCUT2D eigenvalue weighted by molar-refractivity contribution is -0.119. The molecule has 0 amide bonds. The Kier molecular flexibility index (Phi) is 5.87. The van der Waals surface area contributed by atoms with Gasteiger partial charge in [-0.2, -0.15) is 13.2 Å². The van der Waals surface area contributed by atoms with Crippen LogP contribution in [0.5, 0.6) is 0 Å². The average molecular weight is 296 g/mol. The van der Waals surface area contributed by atoms with Crippen molar-refractivity contribution in [2.75, 3.05) is 25.0 Å². The summed E-state index contributed by atoms with van der Waals surface area (Å²) in [6.07, 6.45) is -1.90. The molecule has 108 valence electrons. The Morgan fingerprint density at radius 1 is 1.42 bits per heavy atom. The number of halogens is 4. The molecule has 1 N–H and O–H groups in total. The largest absolute Gasteiger partial charge is 0.405 e. The summed E-state index contributed by atoms with van der Waals surface area (Å²) in [4.78, 5) is 4.97. The van der Waals surface area contributed by atoms with Gasteiger partial charge in [-0.15, -0.1) is 0 Å². The molecule has 0 radical (unpaired) electrons. The zero-order chi connectivity index (χ0) is 14.5. The molecule has 19 heavy (non-hydrogen) atoms. The number of nitrogens with zero attached hydrogens (tertiary/aromatic N) is 2. The first-order valence-electron chi connectivity index (χ1n) is 5.96. The van der Waals surface area contributed by atoms with Gasteiger partial charge in [0, 0.05) is 19.8 Å². The lowest BCUT2D eigenvalue weighted by Gasteiger charge is -2.20. The van der Waals surface area contributed by atoms with Gasteiger partial charge in [0.05, 0.1) is 5.02 Å². The van der Waals surface area contributed by atoms with Crippen molar-refractivity contribution in [1.82, 2.24) is 10.3 Å². The van der Waals surface area contributed by atoms with E-state index < -0.39 is 12.7 Å². The van der Waals surface area contributed by atoms with Crippen LogP contribution in [0.25, 0.3) is 0 Å². The summed E-state index contributed by atoms with van der Waals surface area (Å²) in [5.74, 6) is 0.259. The first-order chi connectivity index (χ1) is 8.83. The van der Waals surface area contributed by atoms with Gasteiger partial charge in [0.1, 0.15) is 12.4 Å². The zero-order valence-electron chi connectivity index (χ0n) is 10.9. The fraction of sp³-hybridized carbons (Fsp3) is 0.583. The Bertz CT molecular complexity index is 410. The van der Waals surface area contributed by atoms with E-state index in [1.54, 1.807) is 6.07 Å². The van der Waals surface area contributed by atoms with Crippen LogP contribution in [0.2, 0.25) is 5.02 Å². The van der Waals surface area contributed by atoms with E-state index in [9.17, 15) is 13.2 Å². The third kappa shape index (κ3) is 5.65. The summed E-state index contributed by atoms with van der Waals surface area (Å²) in [7, 11) is 1.35. The molecule has 0 aliphatic heterocycles. The number of rotatable bonds is 6. The quantitative estimate of drug-likeness (QED) is 0.817. The van der Waals surface area contributed by atoms with Crippen LogP contribution in [0.15, 0.2) is 12.3 Å². The molecule has 0 bridgehead atoms. The molecule has 0 unspecified atom stereocenters. The minimum absolute atomic E-state index is 0.259. The van der Waals surface area contributed by atoms with E-state index in [0.29, 0.717) is 11.6 Å². The van der Waals surface area contributed by atoms with Gasteiger partial charge in [-0.25, -0.2) is 4.98 Å². The third-order valence-corrected chi connectivity index (χ3v) is 2.81. The van der Waals surface area contributed by atoms with Crippen molar-refractivity contribution in [3.63, 3.8) is 0 Å². The van der Waals surface area contributed by atoms with Gasteiger partial charge < -0.3 is 10.2 Å². The SMILES string of the molecule is CCCNCc1cc(N(C)CC(F)(F)F)ncc1Cl. The van der Waals surface area contributed by atoms with E-state index in [4.69, 9.17) is 11.6 Å². The van der Waals surface area contributed by atoms with Gasteiger partial charge in [0.25, 0.3) is 0 Å². The fourth-order valence-electron chi connectivity index (χ4n) is 1.56. The normalized spacial score (nSPS) is 11.7. The summed E-state index contributed by atoms with van der Waals surface area (Å²) in [6.45, 7) is 2.33. The number of pyridine rings is 1. The van der Waals surface area contributed by atoms with Gasteiger partial charge in [-0.3, -0.25) is 0 Å². The second-order valence-electron chi connectivity index (χ2n) is 4.28. The van der Waals surface area contributed by atoms with Gasteiger partial charge in [0.2, 0.25) is 0 Å². The molecule has 0 fully saturated rings. The number of anilines is 1. The van der Waals surface area contributed by atoms with Crippen molar-refractivity contribution < 1.29 is 13.2 Å². The Morgan fingerprint density at radius 2 is 2.11 bits per heavy atom.